The predicted octanol–water partition coefficient (Wildman–Crippen LogP) is 2.32. The van der Waals surface area contributed by atoms with Crippen molar-refractivity contribution < 1.29 is 9.53 Å². The topological polar surface area (TPSA) is 26.3 Å². The van der Waals surface area contributed by atoms with Crippen molar-refractivity contribution in [2.75, 3.05) is 7.11 Å². The van der Waals surface area contributed by atoms with Crippen molar-refractivity contribution in [3.63, 3.8) is 0 Å². The summed E-state index contributed by atoms with van der Waals surface area (Å²) in [6.45, 7) is 7.35. The summed E-state index contributed by atoms with van der Waals surface area (Å²) in [4.78, 5) is 11.2. The van der Waals surface area contributed by atoms with Crippen LogP contribution in [0, 0.1) is 5.41 Å². The van der Waals surface area contributed by atoms with E-state index in [4.69, 9.17) is 0 Å². The van der Waals surface area contributed by atoms with E-state index in [-0.39, 0.29) is 5.97 Å². The van der Waals surface area contributed by atoms with E-state index < -0.39 is 5.41 Å². The maximum Gasteiger partial charge on any atom is 0.315 e. The molecule has 2 nitrogen and oxygen atoms in total. The first-order valence-corrected chi connectivity index (χ1v) is 3.94. The lowest BCUT2D eigenvalue weighted by Crippen LogP contribution is -2.25. The van der Waals surface area contributed by atoms with Gasteiger partial charge in [0.25, 0.3) is 0 Å². The number of carbonyl (C=O) groups excluding carboxylic acids is 1. The Hall–Kier alpha value is -1.05. The second kappa shape index (κ2) is 4.75. The molecule has 0 spiro atoms. The maximum absolute atomic E-state index is 11.2. The molecule has 12 heavy (non-hydrogen) atoms. The van der Waals surface area contributed by atoms with Crippen molar-refractivity contribution in [2.24, 2.45) is 5.41 Å². The highest BCUT2D eigenvalue weighted by Gasteiger charge is 2.29. The van der Waals surface area contributed by atoms with Gasteiger partial charge in [0.2, 0.25) is 0 Å². The number of esters is 1. The van der Waals surface area contributed by atoms with Gasteiger partial charge >= 0.3 is 5.97 Å². The lowest BCUT2D eigenvalue weighted by molar-refractivity contribution is -0.148. The molecule has 0 aromatic rings. The van der Waals surface area contributed by atoms with Gasteiger partial charge < -0.3 is 4.74 Å². The van der Waals surface area contributed by atoms with Gasteiger partial charge in [0.05, 0.1) is 12.5 Å². The molecule has 0 aliphatic heterocycles. The molecular formula is C10H16O2. The molecule has 0 fully saturated rings. The van der Waals surface area contributed by atoms with Crippen molar-refractivity contribution in [2.45, 2.75) is 20.3 Å². The van der Waals surface area contributed by atoms with E-state index in [1.807, 2.05) is 26.0 Å². The highest BCUT2D eigenvalue weighted by atomic mass is 16.5. The van der Waals surface area contributed by atoms with Crippen LogP contribution in [0.1, 0.15) is 20.3 Å². The largest absolute Gasteiger partial charge is 0.468 e. The molecule has 0 aliphatic rings. The third kappa shape index (κ3) is 2.53. The van der Waals surface area contributed by atoms with Crippen LogP contribution < -0.4 is 0 Å². The molecule has 1 atom stereocenters. The molecule has 0 amide bonds. The third-order valence-electron chi connectivity index (χ3n) is 1.88. The van der Waals surface area contributed by atoms with Crippen molar-refractivity contribution in [1.29, 1.82) is 0 Å². The predicted molar refractivity (Wildman–Crippen MR) is 49.8 cm³/mol. The number of methoxy groups -OCH3 is 1. The molecule has 0 N–H and O–H groups in total. The number of ether oxygens (including phenoxy) is 1. The van der Waals surface area contributed by atoms with E-state index in [1.54, 1.807) is 6.08 Å². The quantitative estimate of drug-likeness (QED) is 0.475. The highest BCUT2D eigenvalue weighted by Crippen LogP contribution is 2.24. The summed E-state index contributed by atoms with van der Waals surface area (Å²) in [5, 5.41) is 0. The summed E-state index contributed by atoms with van der Waals surface area (Å²) >= 11 is 0. The Labute approximate surface area is 73.9 Å². The molecule has 2 heteroatoms. The van der Waals surface area contributed by atoms with Crippen LogP contribution in [-0.2, 0) is 9.53 Å². The minimum absolute atomic E-state index is 0.240. The minimum Gasteiger partial charge on any atom is -0.468 e. The number of hydrogen-bond acceptors (Lipinski definition) is 2. The number of carbonyl (C=O) groups is 1. The van der Waals surface area contributed by atoms with E-state index in [0.717, 1.165) is 0 Å². The molecular weight excluding hydrogens is 152 g/mol. The Kier molecular flexibility index (Phi) is 4.34. The molecule has 0 saturated heterocycles. The Balaban J connectivity index is 4.43. The first-order valence-electron chi connectivity index (χ1n) is 3.94. The van der Waals surface area contributed by atoms with Crippen LogP contribution >= 0.6 is 0 Å². The van der Waals surface area contributed by atoms with Gasteiger partial charge in [-0.15, -0.1) is 6.58 Å². The fourth-order valence-electron chi connectivity index (χ4n) is 0.846. The SMILES string of the molecule is C=CC(C)(CC=CC)C(=O)OC. The first kappa shape index (κ1) is 11.0. The van der Waals surface area contributed by atoms with E-state index in [2.05, 4.69) is 11.3 Å². The van der Waals surface area contributed by atoms with Crippen LogP contribution in [0.4, 0.5) is 0 Å². The monoisotopic (exact) mass is 168 g/mol. The summed E-state index contributed by atoms with van der Waals surface area (Å²) in [5.41, 5.74) is -0.582. The lowest BCUT2D eigenvalue weighted by atomic mass is 9.87. The van der Waals surface area contributed by atoms with Crippen LogP contribution in [0.25, 0.3) is 0 Å². The summed E-state index contributed by atoms with van der Waals surface area (Å²) in [6, 6.07) is 0. The van der Waals surface area contributed by atoms with Gasteiger partial charge in [0, 0.05) is 0 Å². The maximum atomic E-state index is 11.2. The summed E-state index contributed by atoms with van der Waals surface area (Å²) in [5.74, 6) is -0.240. The van der Waals surface area contributed by atoms with Crippen molar-refractivity contribution in [3.8, 4) is 0 Å². The first-order chi connectivity index (χ1) is 5.60. The summed E-state index contributed by atoms with van der Waals surface area (Å²) in [7, 11) is 1.39. The van der Waals surface area contributed by atoms with Crippen LogP contribution in [0.15, 0.2) is 24.8 Å². The average Bonchev–Trinajstić information content (AvgIpc) is 2.12. The van der Waals surface area contributed by atoms with E-state index >= 15 is 0 Å². The second-order valence-corrected chi connectivity index (χ2v) is 2.89. The molecule has 0 heterocycles. The van der Waals surface area contributed by atoms with Crippen LogP contribution in [0.2, 0.25) is 0 Å². The third-order valence-corrected chi connectivity index (χ3v) is 1.88. The molecule has 68 valence electrons. The van der Waals surface area contributed by atoms with E-state index in [9.17, 15) is 4.79 Å². The Morgan fingerprint density at radius 3 is 2.58 bits per heavy atom. The standard InChI is InChI=1S/C10H16O2/c1-5-7-8-10(3,6-2)9(11)12-4/h5-7H,2,8H2,1,3-4H3. The molecule has 0 aromatic carbocycles. The van der Waals surface area contributed by atoms with E-state index in [1.165, 1.54) is 7.11 Å². The molecule has 1 unspecified atom stereocenters. The van der Waals surface area contributed by atoms with E-state index in [0.29, 0.717) is 6.42 Å². The normalized spacial score (nSPS) is 15.6. The van der Waals surface area contributed by atoms with Gasteiger partial charge in [0.15, 0.2) is 0 Å². The molecule has 0 aromatic heterocycles. The molecule has 0 bridgehead atoms. The smallest absolute Gasteiger partial charge is 0.315 e. The van der Waals surface area contributed by atoms with Crippen molar-refractivity contribution in [1.82, 2.24) is 0 Å². The van der Waals surface area contributed by atoms with Gasteiger partial charge in [-0.05, 0) is 20.3 Å². The van der Waals surface area contributed by atoms with Gasteiger partial charge in [-0.25, -0.2) is 0 Å². The van der Waals surface area contributed by atoms with Gasteiger partial charge in [-0.2, -0.15) is 0 Å². The average molecular weight is 168 g/mol. The molecule has 0 rings (SSSR count). The zero-order chi connectivity index (χ0) is 9.61. The number of allylic oxidation sites excluding steroid dienone is 2. The fourth-order valence-corrected chi connectivity index (χ4v) is 0.846. The van der Waals surface area contributed by atoms with Crippen LogP contribution in [-0.4, -0.2) is 13.1 Å². The summed E-state index contributed by atoms with van der Waals surface area (Å²) < 4.78 is 4.66. The van der Waals surface area contributed by atoms with Crippen LogP contribution in [0.3, 0.4) is 0 Å². The Bertz CT molecular complexity index is 194. The highest BCUT2D eigenvalue weighted by molar-refractivity contribution is 5.78. The Morgan fingerprint density at radius 1 is 1.67 bits per heavy atom. The zero-order valence-corrected chi connectivity index (χ0v) is 7.96. The molecule has 0 radical (unpaired) electrons. The van der Waals surface area contributed by atoms with Gasteiger partial charge in [0.1, 0.15) is 0 Å². The zero-order valence-electron chi connectivity index (χ0n) is 7.96. The summed E-state index contributed by atoms with van der Waals surface area (Å²) in [6.07, 6.45) is 6.10. The van der Waals surface area contributed by atoms with Gasteiger partial charge in [-0.3, -0.25) is 4.79 Å². The van der Waals surface area contributed by atoms with Gasteiger partial charge in [-0.1, -0.05) is 18.2 Å². The lowest BCUT2D eigenvalue weighted by Gasteiger charge is -2.20. The fraction of sp³-hybridized carbons (Fsp3) is 0.500. The Morgan fingerprint density at radius 2 is 2.25 bits per heavy atom. The van der Waals surface area contributed by atoms with Crippen LogP contribution in [0.5, 0.6) is 0 Å². The van der Waals surface area contributed by atoms with Crippen molar-refractivity contribution >= 4 is 5.97 Å². The number of rotatable bonds is 4. The molecule has 0 saturated carbocycles. The minimum atomic E-state index is -0.582. The molecule has 0 aliphatic carbocycles. The van der Waals surface area contributed by atoms with Crippen molar-refractivity contribution in [3.05, 3.63) is 24.8 Å². The number of hydrogen-bond donors (Lipinski definition) is 0. The second-order valence-electron chi connectivity index (χ2n) is 2.89.